The highest BCUT2D eigenvalue weighted by Gasteiger charge is 2.49. The number of anilines is 5. The van der Waals surface area contributed by atoms with Gasteiger partial charge in [-0.1, -0.05) is 36.4 Å². The summed E-state index contributed by atoms with van der Waals surface area (Å²) in [6.07, 6.45) is 3.23. The maximum atomic E-state index is 14.4. The molecule has 5 aliphatic heterocycles. The van der Waals surface area contributed by atoms with E-state index in [0.29, 0.717) is 46.5 Å². The van der Waals surface area contributed by atoms with E-state index in [1.54, 1.807) is 66.7 Å². The molecule has 10 rings (SSSR count). The molecule has 0 saturated carbocycles. The predicted molar refractivity (Wildman–Crippen MR) is 322 cm³/mol. The van der Waals surface area contributed by atoms with E-state index < -0.39 is 96.5 Å². The molecule has 0 aromatic heterocycles. The van der Waals surface area contributed by atoms with E-state index >= 15 is 0 Å². The van der Waals surface area contributed by atoms with Gasteiger partial charge in [-0.05, 0) is 104 Å². The third-order valence-electron chi connectivity index (χ3n) is 15.7. The Morgan fingerprint density at radius 3 is 1.54 bits per heavy atom. The maximum absolute atomic E-state index is 14.4. The fraction of sp³-hybridized carbons (Fsp3) is 0.333. The topological polar surface area (TPSA) is 364 Å². The lowest BCUT2D eigenvalue weighted by atomic mass is 10.1. The number of hydrogen-bond donors (Lipinski definition) is 8. The second kappa shape index (κ2) is 25.6. The first kappa shape index (κ1) is 62.5. The number of unbranched alkanes of at least 4 members (excludes halogenated alkanes) is 1. The van der Waals surface area contributed by atoms with Gasteiger partial charge >= 0.3 is 0 Å². The summed E-state index contributed by atoms with van der Waals surface area (Å²) < 4.78 is 97.2. The zero-order chi connectivity index (χ0) is 63.6. The largest absolute Gasteiger partial charge is 0.493 e. The highest BCUT2D eigenvalue weighted by atomic mass is 32.2. The molecule has 29 heteroatoms. The Morgan fingerprint density at radius 2 is 1.07 bits per heavy atom. The summed E-state index contributed by atoms with van der Waals surface area (Å²) in [4.78, 5) is 108. The molecule has 0 aliphatic carbocycles. The molecule has 0 radical (unpaired) electrons. The van der Waals surface area contributed by atoms with Crippen molar-refractivity contribution in [1.29, 1.82) is 0 Å². The molecule has 6 atom stereocenters. The molecule has 0 saturated heterocycles. The lowest BCUT2D eigenvalue weighted by molar-refractivity contribution is -0.137. The number of methoxy groups -OCH3 is 2. The zero-order valence-corrected chi connectivity index (χ0v) is 50.1. The maximum Gasteiger partial charge on any atom is 0.288 e. The molecule has 0 fully saturated rings. The van der Waals surface area contributed by atoms with Crippen LogP contribution in [-0.4, -0.2) is 140 Å². The molecule has 8 N–H and O–H groups in total. The molecular formula is C60H63N9O18S2. The molecular weight excluding hydrogens is 1200 g/mol. The van der Waals surface area contributed by atoms with Gasteiger partial charge in [0.2, 0.25) is 23.6 Å². The minimum absolute atomic E-state index is 0.0150. The smallest absolute Gasteiger partial charge is 0.288 e. The molecule has 5 aromatic carbocycles. The van der Waals surface area contributed by atoms with Crippen LogP contribution in [0.5, 0.6) is 23.0 Å². The van der Waals surface area contributed by atoms with Crippen LogP contribution in [0.3, 0.4) is 0 Å². The average molecular weight is 1260 g/mol. The van der Waals surface area contributed by atoms with Crippen LogP contribution in [0.15, 0.2) is 103 Å². The van der Waals surface area contributed by atoms with Crippen molar-refractivity contribution in [3.05, 3.63) is 137 Å². The number of rotatable bonds is 23. The molecule has 5 aliphatic rings. The minimum atomic E-state index is -4.84. The Balaban J connectivity index is 0.855. The number of nitrogens with zero attached hydrogens (tertiary/aromatic N) is 3. The van der Waals surface area contributed by atoms with Gasteiger partial charge in [-0.25, -0.2) is 0 Å². The van der Waals surface area contributed by atoms with Gasteiger partial charge in [0.25, 0.3) is 43.9 Å². The molecule has 0 bridgehead atoms. The summed E-state index contributed by atoms with van der Waals surface area (Å²) in [5.74, 6) is -4.06. The summed E-state index contributed by atoms with van der Waals surface area (Å²) >= 11 is 0. The number of para-hydroxylation sites is 2. The number of carbonyl (C=O) groups is 8. The van der Waals surface area contributed by atoms with E-state index in [1.807, 2.05) is 0 Å². The van der Waals surface area contributed by atoms with Crippen LogP contribution in [0.2, 0.25) is 0 Å². The highest BCUT2D eigenvalue weighted by molar-refractivity contribution is 7.86. The number of imide groups is 1. The number of hydrogen-bond acceptors (Lipinski definition) is 18. The molecule has 5 aromatic rings. The van der Waals surface area contributed by atoms with Crippen molar-refractivity contribution in [2.75, 3.05) is 53.1 Å². The zero-order valence-electron chi connectivity index (χ0n) is 48.4. The number of carbonyl (C=O) groups excluding carboxylic acids is 8. The minimum Gasteiger partial charge on any atom is -0.493 e. The monoisotopic (exact) mass is 1260 g/mol. The number of fused-ring (bicyclic) bond motifs is 8. The van der Waals surface area contributed by atoms with E-state index in [9.17, 15) is 64.3 Å². The van der Waals surface area contributed by atoms with Crippen molar-refractivity contribution < 1.29 is 83.2 Å². The summed E-state index contributed by atoms with van der Waals surface area (Å²) in [5, 5.41) is 13.0. The highest BCUT2D eigenvalue weighted by Crippen LogP contribution is 2.45. The van der Waals surface area contributed by atoms with Crippen LogP contribution < -0.4 is 60.6 Å². The molecule has 0 spiro atoms. The molecule has 27 nitrogen and oxygen atoms in total. The van der Waals surface area contributed by atoms with Crippen molar-refractivity contribution in [1.82, 2.24) is 20.9 Å². The van der Waals surface area contributed by atoms with Crippen molar-refractivity contribution in [3.8, 4) is 23.0 Å². The second-order valence-electron chi connectivity index (χ2n) is 21.8. The van der Waals surface area contributed by atoms with E-state index in [0.717, 1.165) is 17.1 Å². The first-order valence-corrected chi connectivity index (χ1v) is 31.2. The number of amides is 8. The first-order chi connectivity index (χ1) is 42.4. The molecule has 468 valence electrons. The van der Waals surface area contributed by atoms with Gasteiger partial charge in [0, 0.05) is 67.3 Å². The summed E-state index contributed by atoms with van der Waals surface area (Å²) in [7, 11) is -6.99. The van der Waals surface area contributed by atoms with E-state index in [1.165, 1.54) is 62.1 Å². The average Bonchev–Trinajstić information content (AvgIpc) is 1.77. The van der Waals surface area contributed by atoms with Gasteiger partial charge in [0.1, 0.15) is 25.3 Å². The van der Waals surface area contributed by atoms with Crippen LogP contribution in [0.25, 0.3) is 0 Å². The van der Waals surface area contributed by atoms with Crippen LogP contribution in [0.1, 0.15) is 82.5 Å². The third kappa shape index (κ3) is 13.5. The van der Waals surface area contributed by atoms with Crippen LogP contribution in [0, 0.1) is 0 Å². The Morgan fingerprint density at radius 1 is 0.607 bits per heavy atom. The van der Waals surface area contributed by atoms with Gasteiger partial charge in [-0.3, -0.25) is 52.4 Å². The lowest BCUT2D eigenvalue weighted by Gasteiger charge is -2.27. The molecule has 89 heavy (non-hydrogen) atoms. The van der Waals surface area contributed by atoms with Crippen molar-refractivity contribution in [2.24, 2.45) is 0 Å². The normalized spacial score (nSPS) is 18.7. The Labute approximate surface area is 510 Å². The van der Waals surface area contributed by atoms with Crippen molar-refractivity contribution >= 4 is 95.9 Å². The summed E-state index contributed by atoms with van der Waals surface area (Å²) in [6, 6.07) is 19.8. The standard InChI is InChI=1S/C60H63N9O18S2/c1-32(62-52(71)16-10-9-15-51(70)61-19-20-67-53(72)17-18-54(67)73)55(74)63-33(2)56(75)64-38-22-34(30-86-49-28-41-39(26-47(49)84-3)59(76)68-43-13-7-5-11-36(43)24-45(68)57(65-41)88(78,79)80)21-35(23-38)31-87-50-29-42-40(27-48(50)85-4)60(77)69-44-14-8-6-12-37(44)25-46(69)58(66-42)89(81,82)83/h5-8,11-14,17-18,21-23,26-29,32-33,45-46,57-58,65-66H,9-10,15-16,19-20,24-25,30-31H2,1-4H3,(H,61,70)(H,62,71)(H,63,74)(H,64,75)(H,78,79,80)(H,81,82,83)/t32-,33-,45?,46?,57+,58?/m0/s1. The SMILES string of the molecule is COc1cc2c(cc1OCc1cc(COc3cc4c(cc3OC)C(=O)N3c5ccccc5CC3[C@@H](S(=O)(=O)O)N4)cc(NC(=O)[C@H](C)NC(=O)[C@H](C)NC(=O)CCCCC(=O)NCCN3C(=O)C=CC3=O)c1)NC(S(=O)(=O)O)C1Cc3ccccc3N1C2=O. The van der Waals surface area contributed by atoms with Gasteiger partial charge in [-0.2, -0.15) is 16.8 Å². The summed E-state index contributed by atoms with van der Waals surface area (Å²) in [6.45, 7) is 2.37. The predicted octanol–water partition coefficient (Wildman–Crippen LogP) is 3.83. The lowest BCUT2D eigenvalue weighted by Crippen LogP contribution is -2.50. The van der Waals surface area contributed by atoms with Gasteiger partial charge in [0.15, 0.2) is 33.7 Å². The van der Waals surface area contributed by atoms with Crippen LogP contribution in [-0.2, 0) is 75.1 Å². The Bertz CT molecular complexity index is 3790. The second-order valence-corrected chi connectivity index (χ2v) is 24.8. The van der Waals surface area contributed by atoms with Crippen molar-refractivity contribution in [3.63, 3.8) is 0 Å². The molecule has 5 heterocycles. The van der Waals surface area contributed by atoms with E-state index in [4.69, 9.17) is 18.9 Å². The number of benzene rings is 5. The first-order valence-electron chi connectivity index (χ1n) is 28.2. The molecule has 3 unspecified atom stereocenters. The number of ether oxygens (including phenoxy) is 4. The van der Waals surface area contributed by atoms with E-state index in [-0.39, 0.29) is 109 Å². The fourth-order valence-corrected chi connectivity index (χ4v) is 13.2. The van der Waals surface area contributed by atoms with Gasteiger partial charge in [0.05, 0.1) is 48.8 Å². The summed E-state index contributed by atoms with van der Waals surface area (Å²) in [5.41, 5.74) is 3.38. The fourth-order valence-electron chi connectivity index (χ4n) is 11.4. The van der Waals surface area contributed by atoms with Gasteiger partial charge < -0.3 is 60.6 Å². The quantitative estimate of drug-likeness (QED) is 0.0262. The van der Waals surface area contributed by atoms with Gasteiger partial charge in [-0.15, -0.1) is 0 Å². The third-order valence-corrected chi connectivity index (χ3v) is 17.9. The number of nitrogens with one attached hydrogen (secondary N) is 6. The Kier molecular flexibility index (Phi) is 18.0. The Hall–Kier alpha value is -9.58. The van der Waals surface area contributed by atoms with Crippen LogP contribution >= 0.6 is 0 Å². The van der Waals surface area contributed by atoms with E-state index in [2.05, 4.69) is 31.9 Å². The van der Waals surface area contributed by atoms with Crippen molar-refractivity contribution in [2.45, 2.75) is 101 Å². The molecule has 8 amide bonds. The van der Waals surface area contributed by atoms with Crippen LogP contribution in [0.4, 0.5) is 28.4 Å².